The third-order valence-corrected chi connectivity index (χ3v) is 5.00. The summed E-state index contributed by atoms with van der Waals surface area (Å²) in [5.74, 6) is 2.77. The molecule has 0 radical (unpaired) electrons. The van der Waals surface area contributed by atoms with Gasteiger partial charge in [0.15, 0.2) is 0 Å². The molecule has 1 heteroatoms. The molecule has 0 saturated heterocycles. The van der Waals surface area contributed by atoms with Crippen LogP contribution in [-0.2, 0) is 6.42 Å². The first-order chi connectivity index (χ1) is 10.8. The summed E-state index contributed by atoms with van der Waals surface area (Å²) in [7, 11) is 0. The fourth-order valence-corrected chi connectivity index (χ4v) is 3.75. The second kappa shape index (κ2) is 9.02. The molecule has 0 heterocycles. The van der Waals surface area contributed by atoms with Gasteiger partial charge in [0.05, 0.1) is 6.61 Å². The fourth-order valence-electron chi connectivity index (χ4n) is 3.75. The van der Waals surface area contributed by atoms with Crippen molar-refractivity contribution in [3.05, 3.63) is 42.0 Å². The van der Waals surface area contributed by atoms with E-state index in [1.165, 1.54) is 56.1 Å². The lowest BCUT2D eigenvalue weighted by Gasteiger charge is -2.29. The van der Waals surface area contributed by atoms with Gasteiger partial charge in [0, 0.05) is 0 Å². The molecule has 0 spiro atoms. The minimum Gasteiger partial charge on any atom is -0.494 e. The van der Waals surface area contributed by atoms with E-state index in [9.17, 15) is 0 Å². The molecule has 2 rings (SSSR count). The van der Waals surface area contributed by atoms with Crippen LogP contribution in [0.15, 0.2) is 30.9 Å². The zero-order valence-corrected chi connectivity index (χ0v) is 14.4. The highest BCUT2D eigenvalue weighted by atomic mass is 16.5. The first kappa shape index (κ1) is 17.1. The number of rotatable bonds is 8. The summed E-state index contributed by atoms with van der Waals surface area (Å²) in [5.41, 5.74) is 2.93. The lowest BCUT2D eigenvalue weighted by Crippen LogP contribution is -2.13. The normalized spacial score (nSPS) is 21.5. The van der Waals surface area contributed by atoms with Crippen LogP contribution in [0, 0.1) is 5.92 Å². The summed E-state index contributed by atoms with van der Waals surface area (Å²) in [6, 6.07) is 6.93. The van der Waals surface area contributed by atoms with Gasteiger partial charge in [0.25, 0.3) is 0 Å². The summed E-state index contributed by atoms with van der Waals surface area (Å²) in [6.07, 6.45) is 12.3. The van der Waals surface area contributed by atoms with Crippen molar-refractivity contribution in [2.24, 2.45) is 5.92 Å². The SMILES string of the molecule is C=CCCC1CCC(c2ccc(OCC)c(CCC)c2)CC1. The molecule has 0 aromatic heterocycles. The van der Waals surface area contributed by atoms with E-state index in [1.807, 2.05) is 0 Å². The minimum absolute atomic E-state index is 0.754. The summed E-state index contributed by atoms with van der Waals surface area (Å²) < 4.78 is 5.78. The van der Waals surface area contributed by atoms with Crippen molar-refractivity contribution in [3.8, 4) is 5.75 Å². The van der Waals surface area contributed by atoms with Crippen LogP contribution in [0.2, 0.25) is 0 Å². The monoisotopic (exact) mass is 300 g/mol. The Morgan fingerprint density at radius 3 is 2.59 bits per heavy atom. The molecule has 0 N–H and O–H groups in total. The van der Waals surface area contributed by atoms with E-state index >= 15 is 0 Å². The summed E-state index contributed by atoms with van der Waals surface area (Å²) in [6.45, 7) is 8.91. The molecule has 0 amide bonds. The predicted molar refractivity (Wildman–Crippen MR) is 95.7 cm³/mol. The number of aryl methyl sites for hydroxylation is 1. The molecular formula is C21H32O. The molecule has 0 unspecified atom stereocenters. The van der Waals surface area contributed by atoms with Gasteiger partial charge in [-0.05, 0) is 80.9 Å². The Balaban J connectivity index is 2.00. The highest BCUT2D eigenvalue weighted by Crippen LogP contribution is 2.38. The molecule has 0 atom stereocenters. The van der Waals surface area contributed by atoms with Gasteiger partial charge >= 0.3 is 0 Å². The van der Waals surface area contributed by atoms with Crippen LogP contribution in [0.4, 0.5) is 0 Å². The molecule has 1 saturated carbocycles. The molecule has 1 aliphatic rings. The largest absolute Gasteiger partial charge is 0.494 e. The van der Waals surface area contributed by atoms with E-state index in [1.54, 1.807) is 0 Å². The molecule has 1 fully saturated rings. The van der Waals surface area contributed by atoms with Crippen molar-refractivity contribution in [1.82, 2.24) is 0 Å². The molecule has 22 heavy (non-hydrogen) atoms. The smallest absolute Gasteiger partial charge is 0.122 e. The van der Waals surface area contributed by atoms with Gasteiger partial charge in [-0.3, -0.25) is 0 Å². The quantitative estimate of drug-likeness (QED) is 0.513. The first-order valence-electron chi connectivity index (χ1n) is 9.15. The molecule has 1 nitrogen and oxygen atoms in total. The molecule has 1 aromatic carbocycles. The maximum atomic E-state index is 5.78. The Bertz CT molecular complexity index is 455. The van der Waals surface area contributed by atoms with Crippen molar-refractivity contribution >= 4 is 0 Å². The van der Waals surface area contributed by atoms with Crippen LogP contribution in [-0.4, -0.2) is 6.61 Å². The highest BCUT2D eigenvalue weighted by Gasteiger charge is 2.22. The van der Waals surface area contributed by atoms with Crippen molar-refractivity contribution in [2.45, 2.75) is 71.1 Å². The molecule has 1 aliphatic carbocycles. The van der Waals surface area contributed by atoms with E-state index in [0.717, 1.165) is 30.6 Å². The number of ether oxygens (including phenoxy) is 1. The van der Waals surface area contributed by atoms with Gasteiger partial charge in [-0.1, -0.05) is 31.6 Å². The Hall–Kier alpha value is -1.24. The van der Waals surface area contributed by atoms with Crippen LogP contribution in [0.25, 0.3) is 0 Å². The number of allylic oxidation sites excluding steroid dienone is 1. The molecular weight excluding hydrogens is 268 g/mol. The maximum Gasteiger partial charge on any atom is 0.122 e. The molecule has 0 aliphatic heterocycles. The average Bonchev–Trinajstić information content (AvgIpc) is 2.55. The lowest BCUT2D eigenvalue weighted by atomic mass is 9.77. The number of hydrogen-bond acceptors (Lipinski definition) is 1. The van der Waals surface area contributed by atoms with Crippen LogP contribution >= 0.6 is 0 Å². The Morgan fingerprint density at radius 1 is 1.18 bits per heavy atom. The van der Waals surface area contributed by atoms with Crippen LogP contribution in [0.1, 0.15) is 75.8 Å². The van der Waals surface area contributed by atoms with Gasteiger partial charge in [0.2, 0.25) is 0 Å². The predicted octanol–water partition coefficient (Wildman–Crippen LogP) is 6.28. The highest BCUT2D eigenvalue weighted by molar-refractivity contribution is 5.39. The van der Waals surface area contributed by atoms with Crippen molar-refractivity contribution in [2.75, 3.05) is 6.61 Å². The Kier molecular flexibility index (Phi) is 7.02. The van der Waals surface area contributed by atoms with E-state index in [-0.39, 0.29) is 0 Å². The topological polar surface area (TPSA) is 9.23 Å². The zero-order valence-electron chi connectivity index (χ0n) is 14.4. The third-order valence-electron chi connectivity index (χ3n) is 5.00. The Morgan fingerprint density at radius 2 is 1.95 bits per heavy atom. The van der Waals surface area contributed by atoms with Crippen LogP contribution < -0.4 is 4.74 Å². The standard InChI is InChI=1S/C21H32O/c1-4-7-9-17-10-12-18(13-11-17)19-14-15-21(22-6-3)20(16-19)8-5-2/h4,14-18H,1,5-13H2,2-3H3. The number of hydrogen-bond donors (Lipinski definition) is 0. The minimum atomic E-state index is 0.754. The van der Waals surface area contributed by atoms with Gasteiger partial charge in [-0.2, -0.15) is 0 Å². The van der Waals surface area contributed by atoms with Gasteiger partial charge in [-0.25, -0.2) is 0 Å². The zero-order chi connectivity index (χ0) is 15.8. The van der Waals surface area contributed by atoms with Crippen molar-refractivity contribution in [3.63, 3.8) is 0 Å². The van der Waals surface area contributed by atoms with Gasteiger partial charge < -0.3 is 4.74 Å². The fraction of sp³-hybridized carbons (Fsp3) is 0.619. The van der Waals surface area contributed by atoms with E-state index in [2.05, 4.69) is 44.7 Å². The number of benzene rings is 1. The van der Waals surface area contributed by atoms with Crippen molar-refractivity contribution < 1.29 is 4.74 Å². The van der Waals surface area contributed by atoms with Gasteiger partial charge in [0.1, 0.15) is 5.75 Å². The average molecular weight is 300 g/mol. The maximum absolute atomic E-state index is 5.78. The molecule has 1 aromatic rings. The van der Waals surface area contributed by atoms with E-state index < -0.39 is 0 Å². The van der Waals surface area contributed by atoms with E-state index in [4.69, 9.17) is 4.74 Å². The lowest BCUT2D eigenvalue weighted by molar-refractivity contribution is 0.311. The van der Waals surface area contributed by atoms with Gasteiger partial charge in [-0.15, -0.1) is 6.58 Å². The molecule has 0 bridgehead atoms. The second-order valence-electron chi connectivity index (χ2n) is 6.63. The molecule has 122 valence electrons. The summed E-state index contributed by atoms with van der Waals surface area (Å²) in [4.78, 5) is 0. The Labute approximate surface area is 136 Å². The van der Waals surface area contributed by atoms with Crippen LogP contribution in [0.5, 0.6) is 5.75 Å². The first-order valence-corrected chi connectivity index (χ1v) is 9.15. The van der Waals surface area contributed by atoms with E-state index in [0.29, 0.717) is 0 Å². The van der Waals surface area contributed by atoms with Crippen LogP contribution in [0.3, 0.4) is 0 Å². The summed E-state index contributed by atoms with van der Waals surface area (Å²) >= 11 is 0. The second-order valence-corrected chi connectivity index (χ2v) is 6.63. The van der Waals surface area contributed by atoms with Crippen molar-refractivity contribution in [1.29, 1.82) is 0 Å². The third kappa shape index (κ3) is 4.63. The summed E-state index contributed by atoms with van der Waals surface area (Å²) in [5, 5.41) is 0.